The Balaban J connectivity index is 1.75. The molecule has 2 unspecified atom stereocenters. The minimum absolute atomic E-state index is 0.0476. The third kappa shape index (κ3) is 4.16. The van der Waals surface area contributed by atoms with E-state index >= 15 is 0 Å². The monoisotopic (exact) mass is 284 g/mol. The first kappa shape index (κ1) is 13.7. The van der Waals surface area contributed by atoms with Crippen LogP contribution in [0.1, 0.15) is 19.1 Å². The van der Waals surface area contributed by atoms with E-state index in [1.54, 1.807) is 13.0 Å². The summed E-state index contributed by atoms with van der Waals surface area (Å²) in [6.07, 6.45) is 0.784. The van der Waals surface area contributed by atoms with Gasteiger partial charge in [-0.3, -0.25) is 4.79 Å². The largest absolute Gasteiger partial charge is 0.360 e. The van der Waals surface area contributed by atoms with E-state index in [4.69, 9.17) is 4.52 Å². The molecule has 1 aliphatic heterocycles. The summed E-state index contributed by atoms with van der Waals surface area (Å²) in [6, 6.07) is 1.58. The minimum Gasteiger partial charge on any atom is -0.360 e. The lowest BCUT2D eigenvalue weighted by Gasteiger charge is -2.28. The van der Waals surface area contributed by atoms with Crippen LogP contribution in [-0.4, -0.2) is 34.3 Å². The smallest absolute Gasteiger partial charge is 0.315 e. The number of anilines is 1. The van der Waals surface area contributed by atoms with Crippen LogP contribution in [0, 0.1) is 6.92 Å². The quantitative estimate of drug-likeness (QED) is 0.768. The zero-order valence-electron chi connectivity index (χ0n) is 10.7. The highest BCUT2D eigenvalue weighted by Crippen LogP contribution is 2.17. The molecule has 1 saturated heterocycles. The van der Waals surface area contributed by atoms with E-state index in [2.05, 4.69) is 21.1 Å². The molecule has 0 radical (unpaired) electrons. The van der Waals surface area contributed by atoms with Crippen LogP contribution >= 0.6 is 11.8 Å². The molecule has 1 aromatic heterocycles. The number of hydrogen-bond donors (Lipinski definition) is 3. The van der Waals surface area contributed by atoms with E-state index < -0.39 is 0 Å². The Labute approximate surface area is 114 Å². The summed E-state index contributed by atoms with van der Waals surface area (Å²) in [7, 11) is 0. The first-order valence-corrected chi connectivity index (χ1v) is 6.99. The number of aromatic nitrogens is 1. The maximum absolute atomic E-state index is 11.7. The number of rotatable bonds is 4. The summed E-state index contributed by atoms with van der Waals surface area (Å²) in [6.45, 7) is 3.69. The first-order valence-electron chi connectivity index (χ1n) is 5.95. The van der Waals surface area contributed by atoms with Crippen molar-refractivity contribution >= 4 is 29.5 Å². The van der Waals surface area contributed by atoms with Crippen LogP contribution in [0.3, 0.4) is 0 Å². The molecule has 0 spiro atoms. The summed E-state index contributed by atoms with van der Waals surface area (Å²) >= 11 is 1.40. The molecule has 1 aliphatic rings. The number of aryl methyl sites for hydroxylation is 1. The first-order chi connectivity index (χ1) is 9.02. The molecule has 104 valence electrons. The molecule has 0 aromatic carbocycles. The van der Waals surface area contributed by atoms with Crippen LogP contribution in [0.25, 0.3) is 0 Å². The lowest BCUT2D eigenvalue weighted by molar-refractivity contribution is -0.113. The second-order valence-corrected chi connectivity index (χ2v) is 5.62. The molecule has 0 bridgehead atoms. The van der Waals surface area contributed by atoms with Gasteiger partial charge in [0, 0.05) is 12.1 Å². The zero-order chi connectivity index (χ0) is 13.8. The van der Waals surface area contributed by atoms with Gasteiger partial charge in [0.15, 0.2) is 5.82 Å². The van der Waals surface area contributed by atoms with Gasteiger partial charge in [0.25, 0.3) is 0 Å². The lowest BCUT2D eigenvalue weighted by Crippen LogP contribution is -2.52. The molecule has 3 amide bonds. The number of nitrogens with zero attached hydrogens (tertiary/aromatic N) is 1. The molecule has 1 aromatic rings. The second-order valence-electron chi connectivity index (χ2n) is 4.43. The molecule has 1 fully saturated rings. The van der Waals surface area contributed by atoms with Gasteiger partial charge in [-0.15, -0.1) is 11.8 Å². The third-order valence-corrected chi connectivity index (χ3v) is 3.69. The summed E-state index contributed by atoms with van der Waals surface area (Å²) in [5.74, 6) is 1.13. The van der Waals surface area contributed by atoms with Gasteiger partial charge in [-0.25, -0.2) is 4.79 Å². The van der Waals surface area contributed by atoms with Gasteiger partial charge in [0.1, 0.15) is 5.76 Å². The van der Waals surface area contributed by atoms with Crippen LogP contribution in [0.5, 0.6) is 0 Å². The number of nitrogens with one attached hydrogen (secondary N) is 3. The summed E-state index contributed by atoms with van der Waals surface area (Å²) < 4.78 is 4.85. The van der Waals surface area contributed by atoms with E-state index in [-0.39, 0.29) is 29.1 Å². The predicted molar refractivity (Wildman–Crippen MR) is 71.9 cm³/mol. The number of thioether (sulfide) groups is 1. The van der Waals surface area contributed by atoms with Crippen molar-refractivity contribution in [2.45, 2.75) is 31.7 Å². The molecule has 2 rings (SSSR count). The van der Waals surface area contributed by atoms with Crippen LogP contribution in [0.4, 0.5) is 10.6 Å². The van der Waals surface area contributed by atoms with Gasteiger partial charge in [0.2, 0.25) is 5.91 Å². The molecule has 2 atom stereocenters. The SMILES string of the molecule is Cc1cc(NC(=O)CSC2CC(C)NC(=O)N2)no1. The molecular formula is C11H16N4O3S. The summed E-state index contributed by atoms with van der Waals surface area (Å²) in [4.78, 5) is 22.9. The molecule has 0 saturated carbocycles. The van der Waals surface area contributed by atoms with Crippen molar-refractivity contribution in [2.75, 3.05) is 11.1 Å². The van der Waals surface area contributed by atoms with Gasteiger partial charge in [-0.1, -0.05) is 5.16 Å². The Morgan fingerprint density at radius 3 is 3.05 bits per heavy atom. The summed E-state index contributed by atoms with van der Waals surface area (Å²) in [5, 5.41) is 11.8. The predicted octanol–water partition coefficient (Wildman–Crippen LogP) is 1.07. The van der Waals surface area contributed by atoms with Crippen molar-refractivity contribution in [2.24, 2.45) is 0 Å². The highest BCUT2D eigenvalue weighted by Gasteiger charge is 2.23. The van der Waals surface area contributed by atoms with Gasteiger partial charge in [-0.05, 0) is 20.3 Å². The highest BCUT2D eigenvalue weighted by molar-refractivity contribution is 8.00. The van der Waals surface area contributed by atoms with Gasteiger partial charge in [0.05, 0.1) is 11.1 Å². The van der Waals surface area contributed by atoms with E-state index in [1.165, 1.54) is 11.8 Å². The molecule has 3 N–H and O–H groups in total. The van der Waals surface area contributed by atoms with Crippen molar-refractivity contribution in [3.63, 3.8) is 0 Å². The Morgan fingerprint density at radius 1 is 1.63 bits per heavy atom. The fraction of sp³-hybridized carbons (Fsp3) is 0.545. The standard InChI is InChI=1S/C11H16N4O3S/c1-6-3-10(14-11(17)12-6)19-5-9(16)13-8-4-7(2)18-15-8/h4,6,10H,3,5H2,1-2H3,(H2,12,14,17)(H,13,15,16). The fourth-order valence-electron chi connectivity index (χ4n) is 1.74. The Hall–Kier alpha value is -1.70. The van der Waals surface area contributed by atoms with Crippen molar-refractivity contribution in [3.8, 4) is 0 Å². The topological polar surface area (TPSA) is 96.3 Å². The molecule has 7 nitrogen and oxygen atoms in total. The van der Waals surface area contributed by atoms with Crippen LogP contribution in [0.15, 0.2) is 10.6 Å². The number of carbonyl (C=O) groups excluding carboxylic acids is 2. The zero-order valence-corrected chi connectivity index (χ0v) is 11.5. The van der Waals surface area contributed by atoms with Gasteiger partial charge < -0.3 is 20.5 Å². The maximum Gasteiger partial charge on any atom is 0.315 e. The Kier molecular flexibility index (Phi) is 4.31. The molecular weight excluding hydrogens is 268 g/mol. The van der Waals surface area contributed by atoms with Crippen molar-refractivity contribution in [1.29, 1.82) is 0 Å². The fourth-order valence-corrected chi connectivity index (χ4v) is 2.78. The van der Waals surface area contributed by atoms with Crippen molar-refractivity contribution < 1.29 is 14.1 Å². The van der Waals surface area contributed by atoms with E-state index in [1.807, 2.05) is 6.92 Å². The summed E-state index contributed by atoms with van der Waals surface area (Å²) in [5.41, 5.74) is 0. The number of carbonyl (C=O) groups is 2. The molecule has 0 aliphatic carbocycles. The lowest BCUT2D eigenvalue weighted by atomic mass is 10.2. The van der Waals surface area contributed by atoms with Gasteiger partial charge >= 0.3 is 6.03 Å². The number of hydrogen-bond acceptors (Lipinski definition) is 5. The highest BCUT2D eigenvalue weighted by atomic mass is 32.2. The van der Waals surface area contributed by atoms with Crippen molar-refractivity contribution in [1.82, 2.24) is 15.8 Å². The Morgan fingerprint density at radius 2 is 2.42 bits per heavy atom. The third-order valence-electron chi connectivity index (χ3n) is 2.55. The van der Waals surface area contributed by atoms with Crippen LogP contribution in [0.2, 0.25) is 0 Å². The number of urea groups is 1. The minimum atomic E-state index is -0.191. The molecule has 2 heterocycles. The maximum atomic E-state index is 11.7. The number of amides is 3. The normalized spacial score (nSPS) is 22.5. The van der Waals surface area contributed by atoms with Crippen LogP contribution < -0.4 is 16.0 Å². The van der Waals surface area contributed by atoms with Gasteiger partial charge in [-0.2, -0.15) is 0 Å². The van der Waals surface area contributed by atoms with Crippen LogP contribution in [-0.2, 0) is 4.79 Å². The van der Waals surface area contributed by atoms with E-state index in [0.29, 0.717) is 11.6 Å². The second kappa shape index (κ2) is 5.96. The van der Waals surface area contributed by atoms with E-state index in [0.717, 1.165) is 6.42 Å². The molecule has 19 heavy (non-hydrogen) atoms. The van der Waals surface area contributed by atoms with Crippen molar-refractivity contribution in [3.05, 3.63) is 11.8 Å². The van der Waals surface area contributed by atoms with E-state index in [9.17, 15) is 9.59 Å². The molecule has 8 heteroatoms. The average Bonchev–Trinajstić information content (AvgIpc) is 2.71. The Bertz CT molecular complexity index is 476. The average molecular weight is 284 g/mol.